The van der Waals surface area contributed by atoms with Gasteiger partial charge in [-0.25, -0.2) is 0 Å². The van der Waals surface area contributed by atoms with Gasteiger partial charge in [0, 0.05) is 17.1 Å². The molecule has 110 valence electrons. The highest BCUT2D eigenvalue weighted by molar-refractivity contribution is 5.99. The Morgan fingerprint density at radius 1 is 1.18 bits per heavy atom. The summed E-state index contributed by atoms with van der Waals surface area (Å²) in [6, 6.07) is 12.9. The smallest absolute Gasteiger partial charge is 0.261 e. The maximum absolute atomic E-state index is 12.3. The molecule has 0 bridgehead atoms. The third kappa shape index (κ3) is 2.61. The number of aromatic amines is 1. The van der Waals surface area contributed by atoms with Crippen LogP contribution in [0.2, 0.25) is 0 Å². The molecule has 2 heterocycles. The number of carbonyl (C=O) groups is 1. The number of hydrogen-bond acceptors (Lipinski definition) is 3. The maximum atomic E-state index is 12.3. The van der Waals surface area contributed by atoms with Gasteiger partial charge in [-0.15, -0.1) is 0 Å². The summed E-state index contributed by atoms with van der Waals surface area (Å²) in [7, 11) is 0. The van der Waals surface area contributed by atoms with Crippen LogP contribution in [0.4, 0.5) is 0 Å². The van der Waals surface area contributed by atoms with E-state index in [0.29, 0.717) is 5.56 Å². The number of aryl methyl sites for hydroxylation is 1. The van der Waals surface area contributed by atoms with Crippen LogP contribution in [0, 0.1) is 6.92 Å². The predicted octanol–water partition coefficient (Wildman–Crippen LogP) is 2.16. The summed E-state index contributed by atoms with van der Waals surface area (Å²) in [5.41, 5.74) is 1.92. The first-order valence-corrected chi connectivity index (χ1v) is 6.96. The lowest BCUT2D eigenvalue weighted by atomic mass is 10.0. The van der Waals surface area contributed by atoms with E-state index in [4.69, 9.17) is 0 Å². The fourth-order valence-corrected chi connectivity index (χ4v) is 2.44. The van der Waals surface area contributed by atoms with E-state index in [2.05, 4.69) is 15.3 Å². The van der Waals surface area contributed by atoms with Gasteiger partial charge in [0.15, 0.2) is 0 Å². The Kier molecular flexibility index (Phi) is 3.70. The molecule has 0 fully saturated rings. The number of pyridine rings is 2. The Labute approximate surface area is 127 Å². The number of nitrogens with one attached hydrogen (secondary N) is 2. The lowest BCUT2D eigenvalue weighted by Gasteiger charge is -2.09. The summed E-state index contributed by atoms with van der Waals surface area (Å²) in [6.07, 6.45) is 1.66. The van der Waals surface area contributed by atoms with E-state index in [0.717, 1.165) is 16.6 Å². The number of H-pyrrole nitrogens is 1. The number of rotatable bonds is 3. The molecule has 0 aliphatic heterocycles. The minimum atomic E-state index is -0.393. The van der Waals surface area contributed by atoms with Gasteiger partial charge in [0.2, 0.25) is 0 Å². The van der Waals surface area contributed by atoms with Gasteiger partial charge in [-0.1, -0.05) is 24.3 Å². The second-order valence-corrected chi connectivity index (χ2v) is 5.00. The molecule has 0 aliphatic carbocycles. The Balaban J connectivity index is 1.92. The Morgan fingerprint density at radius 2 is 1.95 bits per heavy atom. The highest BCUT2D eigenvalue weighted by Gasteiger charge is 2.16. The molecule has 0 atom stereocenters. The van der Waals surface area contributed by atoms with Crippen LogP contribution in [0.1, 0.15) is 21.6 Å². The van der Waals surface area contributed by atoms with Crippen molar-refractivity contribution in [2.75, 3.05) is 0 Å². The van der Waals surface area contributed by atoms with E-state index < -0.39 is 5.91 Å². The first-order valence-electron chi connectivity index (χ1n) is 6.96. The topological polar surface area (TPSA) is 74.8 Å². The second kappa shape index (κ2) is 5.81. The monoisotopic (exact) mass is 293 g/mol. The van der Waals surface area contributed by atoms with Crippen molar-refractivity contribution in [3.8, 4) is 0 Å². The molecule has 0 saturated heterocycles. The molecule has 5 nitrogen and oxygen atoms in total. The minimum absolute atomic E-state index is 0.148. The average molecular weight is 293 g/mol. The largest absolute Gasteiger partial charge is 0.346 e. The second-order valence-electron chi connectivity index (χ2n) is 5.00. The number of benzene rings is 1. The van der Waals surface area contributed by atoms with Crippen LogP contribution in [0.5, 0.6) is 0 Å². The molecular weight excluding hydrogens is 278 g/mol. The maximum Gasteiger partial charge on any atom is 0.261 e. The summed E-state index contributed by atoms with van der Waals surface area (Å²) in [4.78, 5) is 31.4. The first-order chi connectivity index (χ1) is 10.7. The van der Waals surface area contributed by atoms with Crippen molar-refractivity contribution >= 4 is 16.8 Å². The van der Waals surface area contributed by atoms with Crippen molar-refractivity contribution in [1.29, 1.82) is 0 Å². The van der Waals surface area contributed by atoms with E-state index in [1.165, 1.54) is 0 Å². The summed E-state index contributed by atoms with van der Waals surface area (Å²) in [5, 5.41) is 3.61. The number of carbonyl (C=O) groups excluding carboxylic acids is 1. The molecule has 1 amide bonds. The molecule has 5 heteroatoms. The van der Waals surface area contributed by atoms with E-state index in [9.17, 15) is 9.59 Å². The van der Waals surface area contributed by atoms with Crippen molar-refractivity contribution in [3.05, 3.63) is 75.8 Å². The van der Waals surface area contributed by atoms with Gasteiger partial charge in [0.1, 0.15) is 5.56 Å². The van der Waals surface area contributed by atoms with Gasteiger partial charge < -0.3 is 10.3 Å². The van der Waals surface area contributed by atoms with Crippen LogP contribution in [-0.2, 0) is 6.54 Å². The molecule has 22 heavy (non-hydrogen) atoms. The Hall–Kier alpha value is -2.95. The number of para-hydroxylation sites is 1. The number of nitrogens with zero attached hydrogens (tertiary/aromatic N) is 1. The summed E-state index contributed by atoms with van der Waals surface area (Å²) >= 11 is 0. The fourth-order valence-electron chi connectivity index (χ4n) is 2.44. The lowest BCUT2D eigenvalue weighted by molar-refractivity contribution is 0.0948. The van der Waals surface area contributed by atoms with Gasteiger partial charge in [-0.05, 0) is 30.7 Å². The zero-order chi connectivity index (χ0) is 15.5. The highest BCUT2D eigenvalue weighted by Crippen LogP contribution is 2.16. The first kappa shape index (κ1) is 14.0. The molecule has 2 aromatic heterocycles. The SMILES string of the molecule is Cc1c(C(=O)NCc2ccccn2)c(=O)[nH]c2ccccc12. The van der Waals surface area contributed by atoms with Gasteiger partial charge in [0.05, 0.1) is 12.2 Å². The van der Waals surface area contributed by atoms with E-state index in [1.54, 1.807) is 13.1 Å². The van der Waals surface area contributed by atoms with Crippen LogP contribution in [-0.4, -0.2) is 15.9 Å². The van der Waals surface area contributed by atoms with Crippen LogP contribution < -0.4 is 10.9 Å². The number of aromatic nitrogens is 2. The van der Waals surface area contributed by atoms with Gasteiger partial charge in [0.25, 0.3) is 11.5 Å². The number of amides is 1. The van der Waals surface area contributed by atoms with Crippen LogP contribution in [0.15, 0.2) is 53.5 Å². The molecule has 0 radical (unpaired) electrons. The quantitative estimate of drug-likeness (QED) is 0.777. The lowest BCUT2D eigenvalue weighted by Crippen LogP contribution is -2.30. The molecular formula is C17H15N3O2. The van der Waals surface area contributed by atoms with E-state index in [1.807, 2.05) is 42.5 Å². The molecule has 1 aromatic carbocycles. The standard InChI is InChI=1S/C17H15N3O2/c1-11-13-7-2-3-8-14(13)20-17(22)15(11)16(21)19-10-12-6-4-5-9-18-12/h2-9H,10H2,1H3,(H,19,21)(H,20,22). The molecule has 2 N–H and O–H groups in total. The summed E-state index contributed by atoms with van der Waals surface area (Å²) < 4.78 is 0. The van der Waals surface area contributed by atoms with Gasteiger partial charge in [-0.3, -0.25) is 14.6 Å². The van der Waals surface area contributed by atoms with Crippen LogP contribution >= 0.6 is 0 Å². The fraction of sp³-hybridized carbons (Fsp3) is 0.118. The zero-order valence-electron chi connectivity index (χ0n) is 12.1. The zero-order valence-corrected chi connectivity index (χ0v) is 12.1. The highest BCUT2D eigenvalue weighted by atomic mass is 16.2. The molecule has 0 saturated carbocycles. The van der Waals surface area contributed by atoms with Crippen LogP contribution in [0.3, 0.4) is 0 Å². The number of hydrogen-bond donors (Lipinski definition) is 2. The van der Waals surface area contributed by atoms with Crippen molar-refractivity contribution in [2.45, 2.75) is 13.5 Å². The average Bonchev–Trinajstić information content (AvgIpc) is 2.54. The normalized spacial score (nSPS) is 10.6. The minimum Gasteiger partial charge on any atom is -0.346 e. The summed E-state index contributed by atoms with van der Waals surface area (Å²) in [5.74, 6) is -0.393. The van der Waals surface area contributed by atoms with Gasteiger partial charge in [-0.2, -0.15) is 0 Å². The Bertz CT molecular complexity index is 885. The molecule has 3 rings (SSSR count). The predicted molar refractivity (Wildman–Crippen MR) is 84.7 cm³/mol. The Morgan fingerprint density at radius 3 is 2.73 bits per heavy atom. The number of fused-ring (bicyclic) bond motifs is 1. The van der Waals surface area contributed by atoms with E-state index in [-0.39, 0.29) is 17.7 Å². The third-order valence-corrected chi connectivity index (χ3v) is 3.56. The van der Waals surface area contributed by atoms with Crippen molar-refractivity contribution in [2.24, 2.45) is 0 Å². The molecule has 0 spiro atoms. The van der Waals surface area contributed by atoms with Crippen molar-refractivity contribution < 1.29 is 4.79 Å². The molecule has 0 aliphatic rings. The van der Waals surface area contributed by atoms with Crippen molar-refractivity contribution in [3.63, 3.8) is 0 Å². The van der Waals surface area contributed by atoms with Gasteiger partial charge >= 0.3 is 0 Å². The summed E-state index contributed by atoms with van der Waals surface area (Å²) in [6.45, 7) is 2.07. The third-order valence-electron chi connectivity index (χ3n) is 3.56. The van der Waals surface area contributed by atoms with Crippen LogP contribution in [0.25, 0.3) is 10.9 Å². The molecule has 0 unspecified atom stereocenters. The van der Waals surface area contributed by atoms with Crippen molar-refractivity contribution in [1.82, 2.24) is 15.3 Å². The van der Waals surface area contributed by atoms with E-state index >= 15 is 0 Å². The molecule has 3 aromatic rings.